The molecule has 3 amide bonds. The van der Waals surface area contributed by atoms with Crippen LogP contribution in [-0.2, 0) is 0 Å². The van der Waals surface area contributed by atoms with Crippen LogP contribution in [0.15, 0.2) is 18.2 Å². The second-order valence-electron chi connectivity index (χ2n) is 6.09. The predicted molar refractivity (Wildman–Crippen MR) is 83.6 cm³/mol. The van der Waals surface area contributed by atoms with Crippen molar-refractivity contribution in [2.75, 3.05) is 26.2 Å². The van der Waals surface area contributed by atoms with Crippen LogP contribution in [0.1, 0.15) is 16.2 Å². The predicted octanol–water partition coefficient (Wildman–Crippen LogP) is -0.0406. The van der Waals surface area contributed by atoms with E-state index in [9.17, 15) is 14.0 Å². The van der Waals surface area contributed by atoms with Crippen LogP contribution >= 0.6 is 0 Å². The van der Waals surface area contributed by atoms with Gasteiger partial charge in [0.05, 0.1) is 17.3 Å². The number of tetrazole rings is 1. The molecule has 0 unspecified atom stereocenters. The number of rotatable bonds is 3. The highest BCUT2D eigenvalue weighted by atomic mass is 19.1. The third kappa shape index (κ3) is 2.59. The SMILES string of the molecule is Cc1nnnn1-c1ccc(C(=O)N2CC(N3CCNC3=O)C2)c(F)c1. The van der Waals surface area contributed by atoms with Crippen LogP contribution in [0.25, 0.3) is 5.69 Å². The van der Waals surface area contributed by atoms with Crippen LogP contribution in [0.3, 0.4) is 0 Å². The Balaban J connectivity index is 1.46. The Morgan fingerprint density at radius 3 is 2.76 bits per heavy atom. The molecule has 130 valence electrons. The van der Waals surface area contributed by atoms with Gasteiger partial charge >= 0.3 is 6.03 Å². The number of urea groups is 1. The molecular weight excluding hydrogens is 329 g/mol. The molecule has 3 heterocycles. The molecule has 1 aromatic heterocycles. The number of carbonyl (C=O) groups is 2. The lowest BCUT2D eigenvalue weighted by Gasteiger charge is -2.43. The standard InChI is InChI=1S/C15H16FN7O2/c1-9-18-19-20-23(9)10-2-3-12(13(16)6-10)14(24)21-7-11(8-21)22-5-4-17-15(22)25/h2-3,6,11H,4-5,7-8H2,1H3,(H,17,25). The highest BCUT2D eigenvalue weighted by Gasteiger charge is 2.39. The smallest absolute Gasteiger partial charge is 0.317 e. The number of hydrogen-bond acceptors (Lipinski definition) is 5. The minimum atomic E-state index is -0.625. The topological polar surface area (TPSA) is 96.2 Å². The van der Waals surface area contributed by atoms with Crippen molar-refractivity contribution in [2.24, 2.45) is 0 Å². The van der Waals surface area contributed by atoms with E-state index in [-0.39, 0.29) is 23.5 Å². The molecule has 0 aliphatic carbocycles. The quantitative estimate of drug-likeness (QED) is 0.842. The summed E-state index contributed by atoms with van der Waals surface area (Å²) in [5.41, 5.74) is 0.450. The van der Waals surface area contributed by atoms with Gasteiger partial charge in [0.15, 0.2) is 5.82 Å². The van der Waals surface area contributed by atoms with Crippen LogP contribution in [0.2, 0.25) is 0 Å². The Hall–Kier alpha value is -3.04. The van der Waals surface area contributed by atoms with Crippen molar-refractivity contribution < 1.29 is 14.0 Å². The first-order chi connectivity index (χ1) is 12.0. The largest absolute Gasteiger partial charge is 0.336 e. The van der Waals surface area contributed by atoms with E-state index in [1.165, 1.54) is 21.7 Å². The van der Waals surface area contributed by atoms with Crippen LogP contribution in [-0.4, -0.2) is 74.2 Å². The van der Waals surface area contributed by atoms with Crippen molar-refractivity contribution in [3.63, 3.8) is 0 Å². The van der Waals surface area contributed by atoms with Gasteiger partial charge in [-0.15, -0.1) is 5.10 Å². The van der Waals surface area contributed by atoms with Crippen molar-refractivity contribution in [3.8, 4) is 5.69 Å². The van der Waals surface area contributed by atoms with Gasteiger partial charge in [0.25, 0.3) is 5.91 Å². The number of nitrogens with zero attached hydrogens (tertiary/aromatic N) is 6. The molecule has 0 radical (unpaired) electrons. The molecule has 2 aliphatic heterocycles. The first kappa shape index (κ1) is 15.5. The van der Waals surface area contributed by atoms with Crippen molar-refractivity contribution in [3.05, 3.63) is 35.4 Å². The van der Waals surface area contributed by atoms with Gasteiger partial charge in [-0.05, 0) is 29.5 Å². The summed E-state index contributed by atoms with van der Waals surface area (Å²) in [5, 5.41) is 13.8. The van der Waals surface area contributed by atoms with E-state index >= 15 is 0 Å². The van der Waals surface area contributed by atoms with E-state index in [1.807, 2.05) is 0 Å². The summed E-state index contributed by atoms with van der Waals surface area (Å²) in [6.45, 7) is 3.79. The summed E-state index contributed by atoms with van der Waals surface area (Å²) in [6, 6.07) is 4.17. The summed E-state index contributed by atoms with van der Waals surface area (Å²) < 4.78 is 15.8. The minimum absolute atomic E-state index is 0.00111. The van der Waals surface area contributed by atoms with E-state index in [0.29, 0.717) is 37.7 Å². The molecule has 2 fully saturated rings. The Bertz CT molecular complexity index is 846. The molecule has 2 aliphatic rings. The van der Waals surface area contributed by atoms with Gasteiger partial charge < -0.3 is 15.1 Å². The van der Waals surface area contributed by atoms with Gasteiger partial charge in [0.1, 0.15) is 5.82 Å². The fraction of sp³-hybridized carbons (Fsp3) is 0.400. The average molecular weight is 345 g/mol. The van der Waals surface area contributed by atoms with Crippen molar-refractivity contribution in [1.29, 1.82) is 0 Å². The summed E-state index contributed by atoms with van der Waals surface area (Å²) >= 11 is 0. The molecule has 9 nitrogen and oxygen atoms in total. The number of benzene rings is 1. The lowest BCUT2D eigenvalue weighted by molar-refractivity contribution is 0.0402. The summed E-state index contributed by atoms with van der Waals surface area (Å²) in [5.74, 6) is -0.485. The highest BCUT2D eigenvalue weighted by Crippen LogP contribution is 2.22. The van der Waals surface area contributed by atoms with E-state index in [1.54, 1.807) is 17.9 Å². The Kier molecular flexibility index (Phi) is 3.59. The molecule has 0 saturated carbocycles. The maximum absolute atomic E-state index is 14.4. The normalized spacial score (nSPS) is 17.6. The third-order valence-electron chi connectivity index (χ3n) is 4.53. The molecule has 0 bridgehead atoms. The van der Waals surface area contributed by atoms with Gasteiger partial charge in [-0.2, -0.15) is 4.68 Å². The highest BCUT2D eigenvalue weighted by molar-refractivity contribution is 5.95. The zero-order valence-corrected chi connectivity index (χ0v) is 13.5. The van der Waals surface area contributed by atoms with Crippen molar-refractivity contribution >= 4 is 11.9 Å². The zero-order chi connectivity index (χ0) is 17.6. The number of nitrogens with one attached hydrogen (secondary N) is 1. The molecule has 10 heteroatoms. The monoisotopic (exact) mass is 345 g/mol. The van der Waals surface area contributed by atoms with E-state index < -0.39 is 5.82 Å². The Morgan fingerprint density at radius 1 is 1.36 bits per heavy atom. The van der Waals surface area contributed by atoms with Crippen LogP contribution in [0.4, 0.5) is 9.18 Å². The molecule has 2 saturated heterocycles. The number of likely N-dealkylation sites (tertiary alicyclic amines) is 1. The van der Waals surface area contributed by atoms with Crippen LogP contribution in [0, 0.1) is 12.7 Å². The number of aromatic nitrogens is 4. The molecular formula is C15H16FN7O2. The number of aryl methyl sites for hydroxylation is 1. The Labute approximate surface area is 142 Å². The van der Waals surface area contributed by atoms with Gasteiger partial charge in [-0.1, -0.05) is 0 Å². The molecule has 2 aromatic rings. The first-order valence-corrected chi connectivity index (χ1v) is 7.93. The van der Waals surface area contributed by atoms with Gasteiger partial charge in [0, 0.05) is 32.2 Å². The van der Waals surface area contributed by atoms with Gasteiger partial charge in [0.2, 0.25) is 0 Å². The maximum atomic E-state index is 14.4. The number of halogens is 1. The fourth-order valence-electron chi connectivity index (χ4n) is 3.10. The molecule has 4 rings (SSSR count). The summed E-state index contributed by atoms with van der Waals surface area (Å²) in [4.78, 5) is 27.3. The van der Waals surface area contributed by atoms with Crippen molar-refractivity contribution in [2.45, 2.75) is 13.0 Å². The minimum Gasteiger partial charge on any atom is -0.336 e. The Morgan fingerprint density at radius 2 is 2.16 bits per heavy atom. The number of carbonyl (C=O) groups excluding carboxylic acids is 2. The van der Waals surface area contributed by atoms with Gasteiger partial charge in [-0.3, -0.25) is 4.79 Å². The second kappa shape index (κ2) is 5.80. The van der Waals surface area contributed by atoms with E-state index in [4.69, 9.17) is 0 Å². The molecule has 1 aromatic carbocycles. The maximum Gasteiger partial charge on any atom is 0.317 e. The van der Waals surface area contributed by atoms with Crippen LogP contribution in [0.5, 0.6) is 0 Å². The zero-order valence-electron chi connectivity index (χ0n) is 13.5. The molecule has 0 atom stereocenters. The average Bonchev–Trinajstić information content (AvgIpc) is 3.14. The molecule has 25 heavy (non-hydrogen) atoms. The first-order valence-electron chi connectivity index (χ1n) is 7.93. The molecule has 1 N–H and O–H groups in total. The lowest BCUT2D eigenvalue weighted by atomic mass is 10.0. The number of amides is 3. The second-order valence-corrected chi connectivity index (χ2v) is 6.09. The van der Waals surface area contributed by atoms with Gasteiger partial charge in [-0.25, -0.2) is 9.18 Å². The lowest BCUT2D eigenvalue weighted by Crippen LogP contribution is -2.61. The van der Waals surface area contributed by atoms with Crippen molar-refractivity contribution in [1.82, 2.24) is 35.3 Å². The molecule has 0 spiro atoms. The summed E-state index contributed by atoms with van der Waals surface area (Å²) in [6.07, 6.45) is 0. The van der Waals surface area contributed by atoms with Crippen LogP contribution < -0.4 is 5.32 Å². The number of hydrogen-bond donors (Lipinski definition) is 1. The third-order valence-corrected chi connectivity index (χ3v) is 4.53. The van der Waals surface area contributed by atoms with E-state index in [0.717, 1.165) is 0 Å². The van der Waals surface area contributed by atoms with E-state index in [2.05, 4.69) is 20.8 Å². The summed E-state index contributed by atoms with van der Waals surface area (Å²) in [7, 11) is 0. The fourth-order valence-corrected chi connectivity index (χ4v) is 3.10.